The second-order valence-corrected chi connectivity index (χ2v) is 5.37. The van der Waals surface area contributed by atoms with Gasteiger partial charge in [-0.2, -0.15) is 10.2 Å². The van der Waals surface area contributed by atoms with Crippen LogP contribution in [0.2, 0.25) is 5.02 Å². The lowest BCUT2D eigenvalue weighted by molar-refractivity contribution is 0.476. The molecule has 0 aliphatic heterocycles. The Kier molecular flexibility index (Phi) is 5.39. The number of hydrogen-bond donors (Lipinski definition) is 1. The van der Waals surface area contributed by atoms with Crippen LogP contribution >= 0.6 is 11.6 Å². The van der Waals surface area contributed by atoms with E-state index in [4.69, 9.17) is 21.3 Å². The van der Waals surface area contributed by atoms with E-state index in [0.29, 0.717) is 11.6 Å². The van der Waals surface area contributed by atoms with E-state index in [1.165, 1.54) is 0 Å². The summed E-state index contributed by atoms with van der Waals surface area (Å²) in [5.41, 5.74) is 0.0687. The molecule has 7 heteroatoms. The van der Waals surface area contributed by atoms with E-state index in [9.17, 15) is 4.79 Å². The van der Waals surface area contributed by atoms with Crippen molar-refractivity contribution in [2.75, 3.05) is 19.4 Å². The first-order chi connectivity index (χ1) is 11.0. The number of hydrogen-bond acceptors (Lipinski definition) is 6. The van der Waals surface area contributed by atoms with E-state index in [1.807, 2.05) is 32.3 Å². The predicted molar refractivity (Wildman–Crippen MR) is 89.0 cm³/mol. The van der Waals surface area contributed by atoms with Gasteiger partial charge in [-0.05, 0) is 17.7 Å². The Labute approximate surface area is 138 Å². The lowest BCUT2D eigenvalue weighted by atomic mass is 10.2. The number of rotatable bonds is 5. The molecule has 1 aromatic heterocycles. The summed E-state index contributed by atoms with van der Waals surface area (Å²) >= 11 is 5.84. The third-order valence-electron chi connectivity index (χ3n) is 2.86. The molecular formula is C16H15ClN4O2. The summed E-state index contributed by atoms with van der Waals surface area (Å²) in [6.45, 7) is 0.402. The number of aromatic nitrogens is 1. The van der Waals surface area contributed by atoms with Gasteiger partial charge in [0.15, 0.2) is 11.4 Å². The van der Waals surface area contributed by atoms with Crippen LogP contribution in [0.3, 0.4) is 0 Å². The van der Waals surface area contributed by atoms with E-state index in [2.05, 4.69) is 10.3 Å². The highest BCUT2D eigenvalue weighted by atomic mass is 35.5. The van der Waals surface area contributed by atoms with Gasteiger partial charge in [-0.3, -0.25) is 0 Å². The van der Waals surface area contributed by atoms with Crippen LogP contribution in [0, 0.1) is 11.3 Å². The molecule has 0 saturated carbocycles. The minimum Gasteiger partial charge on any atom is -0.403 e. The van der Waals surface area contributed by atoms with E-state index in [1.54, 1.807) is 29.3 Å². The zero-order valence-corrected chi connectivity index (χ0v) is 13.5. The van der Waals surface area contributed by atoms with Crippen LogP contribution in [0.15, 0.2) is 39.7 Å². The number of halogens is 1. The molecule has 0 fully saturated rings. The van der Waals surface area contributed by atoms with Gasteiger partial charge in [0, 0.05) is 37.9 Å². The summed E-state index contributed by atoms with van der Waals surface area (Å²) in [5, 5.41) is 12.7. The molecule has 118 valence electrons. The van der Waals surface area contributed by atoms with Crippen molar-refractivity contribution in [1.29, 1.82) is 5.26 Å². The third-order valence-corrected chi connectivity index (χ3v) is 3.11. The fourth-order valence-corrected chi connectivity index (χ4v) is 1.86. The number of anilines is 1. The molecule has 0 unspecified atom stereocenters. The molecule has 0 aliphatic carbocycles. The standard InChI is InChI=1S/C16H15ClN4O2/c1-21(2)8-7-14-20-15(13(9-18)16(22)23-14)19-10-11-3-5-12(17)6-4-11/h3-8,19H,10H2,1-2H3/b8-7+. The normalized spacial score (nSPS) is 10.5. The Morgan fingerprint density at radius 1 is 1.39 bits per heavy atom. The average Bonchev–Trinajstić information content (AvgIpc) is 2.52. The molecule has 0 radical (unpaired) electrons. The van der Waals surface area contributed by atoms with Gasteiger partial charge in [0.05, 0.1) is 0 Å². The molecule has 0 atom stereocenters. The maximum atomic E-state index is 11.9. The first-order valence-electron chi connectivity index (χ1n) is 6.78. The van der Waals surface area contributed by atoms with Crippen LogP contribution in [0.25, 0.3) is 6.08 Å². The van der Waals surface area contributed by atoms with Gasteiger partial charge in [-0.15, -0.1) is 0 Å². The molecule has 0 bridgehead atoms. The first kappa shape index (κ1) is 16.6. The fraction of sp³-hybridized carbons (Fsp3) is 0.188. The second-order valence-electron chi connectivity index (χ2n) is 4.93. The van der Waals surface area contributed by atoms with Gasteiger partial charge in [-0.1, -0.05) is 23.7 Å². The van der Waals surface area contributed by atoms with Crippen LogP contribution < -0.4 is 10.9 Å². The molecule has 6 nitrogen and oxygen atoms in total. The molecule has 1 aromatic carbocycles. The maximum absolute atomic E-state index is 11.9. The van der Waals surface area contributed by atoms with E-state index in [0.717, 1.165) is 5.56 Å². The lowest BCUT2D eigenvalue weighted by Crippen LogP contribution is -2.13. The van der Waals surface area contributed by atoms with E-state index in [-0.39, 0.29) is 17.3 Å². The zero-order chi connectivity index (χ0) is 16.8. The third kappa shape index (κ3) is 4.59. The van der Waals surface area contributed by atoms with Gasteiger partial charge in [-0.25, -0.2) is 4.79 Å². The molecule has 23 heavy (non-hydrogen) atoms. The number of nitriles is 1. The summed E-state index contributed by atoms with van der Waals surface area (Å²) in [7, 11) is 3.66. The van der Waals surface area contributed by atoms with E-state index >= 15 is 0 Å². The molecule has 2 aromatic rings. The first-order valence-corrected chi connectivity index (χ1v) is 7.15. The highest BCUT2D eigenvalue weighted by Gasteiger charge is 2.12. The van der Waals surface area contributed by atoms with Crippen molar-refractivity contribution in [3.05, 3.63) is 62.9 Å². The SMILES string of the molecule is CN(C)/C=C/c1nc(NCc2ccc(Cl)cc2)c(C#N)c(=O)o1. The quantitative estimate of drug-likeness (QED) is 0.907. The van der Waals surface area contributed by atoms with Crippen molar-refractivity contribution in [2.45, 2.75) is 6.54 Å². The lowest BCUT2D eigenvalue weighted by Gasteiger charge is -2.08. The van der Waals surface area contributed by atoms with Crippen molar-refractivity contribution in [2.24, 2.45) is 0 Å². The summed E-state index contributed by atoms with van der Waals surface area (Å²) in [5.74, 6) is 0.318. The molecule has 0 aliphatic rings. The largest absolute Gasteiger partial charge is 0.403 e. The van der Waals surface area contributed by atoms with Crippen LogP contribution in [0.5, 0.6) is 0 Å². The average molecular weight is 331 g/mol. The van der Waals surface area contributed by atoms with E-state index < -0.39 is 5.63 Å². The van der Waals surface area contributed by atoms with Gasteiger partial charge >= 0.3 is 5.63 Å². The molecule has 2 rings (SSSR count). The van der Waals surface area contributed by atoms with Gasteiger partial charge in [0.25, 0.3) is 0 Å². The number of nitrogens with zero attached hydrogens (tertiary/aromatic N) is 3. The highest BCUT2D eigenvalue weighted by molar-refractivity contribution is 6.30. The maximum Gasteiger partial charge on any atom is 0.359 e. The van der Waals surface area contributed by atoms with Crippen LogP contribution in [0.1, 0.15) is 17.0 Å². The Bertz CT molecular complexity index is 804. The number of nitrogens with one attached hydrogen (secondary N) is 1. The van der Waals surface area contributed by atoms with Gasteiger partial charge in [0.1, 0.15) is 6.07 Å². The predicted octanol–water partition coefficient (Wildman–Crippen LogP) is 2.70. The molecule has 0 saturated heterocycles. The number of benzene rings is 1. The molecule has 1 N–H and O–H groups in total. The molecular weight excluding hydrogens is 316 g/mol. The molecule has 1 heterocycles. The van der Waals surface area contributed by atoms with Gasteiger partial charge in [0.2, 0.25) is 5.89 Å². The molecule has 0 amide bonds. The van der Waals surface area contributed by atoms with Crippen molar-refractivity contribution in [3.8, 4) is 6.07 Å². The minimum atomic E-state index is -0.723. The summed E-state index contributed by atoms with van der Waals surface area (Å²) < 4.78 is 5.00. The Morgan fingerprint density at radius 3 is 2.70 bits per heavy atom. The van der Waals surface area contributed by atoms with Gasteiger partial charge < -0.3 is 14.6 Å². The Hall–Kier alpha value is -2.78. The zero-order valence-electron chi connectivity index (χ0n) is 12.7. The topological polar surface area (TPSA) is 82.2 Å². The van der Waals surface area contributed by atoms with Crippen molar-refractivity contribution in [1.82, 2.24) is 9.88 Å². The summed E-state index contributed by atoms with van der Waals surface area (Å²) in [4.78, 5) is 17.8. The molecule has 0 spiro atoms. The van der Waals surface area contributed by atoms with Crippen LogP contribution in [0.4, 0.5) is 5.82 Å². The minimum absolute atomic E-state index is 0.126. The smallest absolute Gasteiger partial charge is 0.359 e. The second kappa shape index (κ2) is 7.47. The summed E-state index contributed by atoms with van der Waals surface area (Å²) in [6.07, 6.45) is 3.25. The summed E-state index contributed by atoms with van der Waals surface area (Å²) in [6, 6.07) is 9.04. The van der Waals surface area contributed by atoms with Crippen LogP contribution in [-0.4, -0.2) is 24.0 Å². The fourth-order valence-electron chi connectivity index (χ4n) is 1.73. The Morgan fingerprint density at radius 2 is 2.09 bits per heavy atom. The Balaban J connectivity index is 2.26. The van der Waals surface area contributed by atoms with Crippen molar-refractivity contribution in [3.63, 3.8) is 0 Å². The van der Waals surface area contributed by atoms with Crippen molar-refractivity contribution >= 4 is 23.5 Å². The van der Waals surface area contributed by atoms with Crippen LogP contribution in [-0.2, 0) is 6.54 Å². The van der Waals surface area contributed by atoms with Crippen molar-refractivity contribution < 1.29 is 4.42 Å². The highest BCUT2D eigenvalue weighted by Crippen LogP contribution is 2.13. The monoisotopic (exact) mass is 330 g/mol.